The van der Waals surface area contributed by atoms with Crippen LogP contribution in [0.1, 0.15) is 37.0 Å². The maximum atomic E-state index is 12.2. The lowest BCUT2D eigenvalue weighted by molar-refractivity contribution is 0.0902. The molecule has 0 aliphatic heterocycles. The van der Waals surface area contributed by atoms with Gasteiger partial charge in [0.05, 0.1) is 15.6 Å². The van der Waals surface area contributed by atoms with Gasteiger partial charge < -0.3 is 5.32 Å². The van der Waals surface area contributed by atoms with Crippen molar-refractivity contribution in [1.82, 2.24) is 5.32 Å². The Morgan fingerprint density at radius 2 is 1.94 bits per heavy atom. The minimum atomic E-state index is -0.261. The van der Waals surface area contributed by atoms with Crippen LogP contribution < -0.4 is 5.32 Å². The summed E-state index contributed by atoms with van der Waals surface area (Å²) in [7, 11) is 0. The van der Waals surface area contributed by atoms with Crippen LogP contribution >= 0.6 is 39.1 Å². The average molecular weight is 353 g/mol. The second-order valence-corrected chi connectivity index (χ2v) is 6.01. The van der Waals surface area contributed by atoms with Crippen molar-refractivity contribution in [3.8, 4) is 0 Å². The van der Waals surface area contributed by atoms with Crippen molar-refractivity contribution in [3.05, 3.63) is 33.8 Å². The Kier molecular flexibility index (Phi) is 5.96. The Hall–Kier alpha value is -0.250. The highest BCUT2D eigenvalue weighted by molar-refractivity contribution is 9.09. The third-order valence-corrected chi connectivity index (χ3v) is 4.06. The molecule has 0 heterocycles. The standard InChI is InChI=1S/C13H16BrCl2NO/c1-3-13(2,7-8-14)17-12(18)11-9(15)5-4-6-10(11)16/h4-6H,3,7-8H2,1-2H3,(H,17,18). The number of hydrogen-bond acceptors (Lipinski definition) is 1. The summed E-state index contributed by atoms with van der Waals surface area (Å²) >= 11 is 15.4. The molecular formula is C13H16BrCl2NO. The van der Waals surface area contributed by atoms with Gasteiger partial charge in [0.1, 0.15) is 0 Å². The van der Waals surface area contributed by atoms with E-state index in [4.69, 9.17) is 23.2 Å². The molecule has 100 valence electrons. The first-order chi connectivity index (χ1) is 8.43. The van der Waals surface area contributed by atoms with Gasteiger partial charge in [-0.2, -0.15) is 0 Å². The van der Waals surface area contributed by atoms with E-state index in [0.717, 1.165) is 18.2 Å². The van der Waals surface area contributed by atoms with Crippen molar-refractivity contribution >= 4 is 45.0 Å². The number of benzene rings is 1. The van der Waals surface area contributed by atoms with E-state index in [2.05, 4.69) is 21.2 Å². The summed E-state index contributed by atoms with van der Waals surface area (Å²) in [6, 6.07) is 5.05. The van der Waals surface area contributed by atoms with Crippen molar-refractivity contribution in [1.29, 1.82) is 0 Å². The molecule has 0 saturated carbocycles. The van der Waals surface area contributed by atoms with Crippen LogP contribution in [0, 0.1) is 0 Å². The Morgan fingerprint density at radius 3 is 2.39 bits per heavy atom. The van der Waals surface area contributed by atoms with Gasteiger partial charge in [-0.15, -0.1) is 0 Å². The molecule has 1 aromatic rings. The molecule has 0 saturated heterocycles. The van der Waals surface area contributed by atoms with Crippen molar-refractivity contribution in [2.24, 2.45) is 0 Å². The lowest BCUT2D eigenvalue weighted by atomic mass is 9.95. The van der Waals surface area contributed by atoms with E-state index in [1.165, 1.54) is 0 Å². The molecule has 18 heavy (non-hydrogen) atoms. The Labute approximate surface area is 126 Å². The first-order valence-electron chi connectivity index (χ1n) is 5.76. The summed E-state index contributed by atoms with van der Waals surface area (Å²) < 4.78 is 0. The molecule has 1 unspecified atom stereocenters. The zero-order valence-corrected chi connectivity index (χ0v) is 13.5. The number of halogens is 3. The molecule has 2 nitrogen and oxygen atoms in total. The van der Waals surface area contributed by atoms with Crippen molar-refractivity contribution in [3.63, 3.8) is 0 Å². The highest BCUT2D eigenvalue weighted by Crippen LogP contribution is 2.25. The number of hydrogen-bond donors (Lipinski definition) is 1. The number of alkyl halides is 1. The SMILES string of the molecule is CCC(C)(CCBr)NC(=O)c1c(Cl)cccc1Cl. The molecule has 1 aromatic carbocycles. The van der Waals surface area contributed by atoms with Crippen LogP contribution in [0.4, 0.5) is 0 Å². The summed E-state index contributed by atoms with van der Waals surface area (Å²) in [6.07, 6.45) is 1.68. The predicted molar refractivity (Wildman–Crippen MR) is 81.0 cm³/mol. The van der Waals surface area contributed by atoms with E-state index in [9.17, 15) is 4.79 Å². The van der Waals surface area contributed by atoms with Crippen LogP contribution in [0.25, 0.3) is 0 Å². The summed E-state index contributed by atoms with van der Waals surface area (Å²) in [5.74, 6) is -0.226. The molecule has 0 fully saturated rings. The molecular weight excluding hydrogens is 337 g/mol. The molecule has 5 heteroatoms. The summed E-state index contributed by atoms with van der Waals surface area (Å²) in [6.45, 7) is 4.05. The monoisotopic (exact) mass is 351 g/mol. The molecule has 1 atom stereocenters. The molecule has 0 spiro atoms. The van der Waals surface area contributed by atoms with Gasteiger partial charge in [0, 0.05) is 10.9 Å². The number of carbonyl (C=O) groups is 1. The quantitative estimate of drug-likeness (QED) is 0.766. The normalized spacial score (nSPS) is 14.1. The summed E-state index contributed by atoms with van der Waals surface area (Å²) in [4.78, 5) is 12.2. The highest BCUT2D eigenvalue weighted by Gasteiger charge is 2.26. The van der Waals surface area contributed by atoms with Gasteiger partial charge in [-0.1, -0.05) is 52.1 Å². The van der Waals surface area contributed by atoms with Crippen LogP contribution in [-0.4, -0.2) is 16.8 Å². The van der Waals surface area contributed by atoms with Gasteiger partial charge in [-0.3, -0.25) is 4.79 Å². The van der Waals surface area contributed by atoms with E-state index < -0.39 is 0 Å². The van der Waals surface area contributed by atoms with E-state index in [-0.39, 0.29) is 11.4 Å². The smallest absolute Gasteiger partial charge is 0.254 e. The van der Waals surface area contributed by atoms with Crippen molar-refractivity contribution < 1.29 is 4.79 Å². The minimum Gasteiger partial charge on any atom is -0.347 e. The fourth-order valence-electron chi connectivity index (χ4n) is 1.59. The Balaban J connectivity index is 2.95. The molecule has 1 rings (SSSR count). The highest BCUT2D eigenvalue weighted by atomic mass is 79.9. The Bertz CT molecular complexity index is 419. The second kappa shape index (κ2) is 6.78. The molecule has 0 radical (unpaired) electrons. The van der Waals surface area contributed by atoms with Crippen LogP contribution in [0.15, 0.2) is 18.2 Å². The van der Waals surface area contributed by atoms with E-state index in [1.807, 2.05) is 13.8 Å². The average Bonchev–Trinajstić information content (AvgIpc) is 2.29. The number of carbonyl (C=O) groups excluding carboxylic acids is 1. The molecule has 1 amide bonds. The topological polar surface area (TPSA) is 29.1 Å². The first-order valence-corrected chi connectivity index (χ1v) is 7.63. The number of nitrogens with one attached hydrogen (secondary N) is 1. The van der Waals surface area contributed by atoms with Crippen LogP contribution in [0.2, 0.25) is 10.0 Å². The predicted octanol–water partition coefficient (Wildman–Crippen LogP) is 4.68. The van der Waals surface area contributed by atoms with Crippen molar-refractivity contribution in [2.45, 2.75) is 32.2 Å². The van der Waals surface area contributed by atoms with E-state index >= 15 is 0 Å². The number of amides is 1. The lowest BCUT2D eigenvalue weighted by Crippen LogP contribution is -2.46. The van der Waals surface area contributed by atoms with Gasteiger partial charge in [0.2, 0.25) is 0 Å². The third kappa shape index (κ3) is 3.87. The maximum absolute atomic E-state index is 12.2. The maximum Gasteiger partial charge on any atom is 0.254 e. The molecule has 0 aromatic heterocycles. The zero-order valence-electron chi connectivity index (χ0n) is 10.4. The van der Waals surface area contributed by atoms with Crippen LogP contribution in [0.5, 0.6) is 0 Å². The van der Waals surface area contributed by atoms with Crippen LogP contribution in [-0.2, 0) is 0 Å². The molecule has 0 aliphatic rings. The lowest BCUT2D eigenvalue weighted by Gasteiger charge is -2.29. The van der Waals surface area contributed by atoms with Gasteiger partial charge in [-0.25, -0.2) is 0 Å². The zero-order chi connectivity index (χ0) is 13.8. The van der Waals surface area contributed by atoms with Gasteiger partial charge in [-0.05, 0) is 31.9 Å². The molecule has 1 N–H and O–H groups in total. The van der Waals surface area contributed by atoms with E-state index in [0.29, 0.717) is 15.6 Å². The molecule has 0 bridgehead atoms. The van der Waals surface area contributed by atoms with Gasteiger partial charge in [0.15, 0.2) is 0 Å². The van der Waals surface area contributed by atoms with Crippen LogP contribution in [0.3, 0.4) is 0 Å². The summed E-state index contributed by atoms with van der Waals surface area (Å²) in [5.41, 5.74) is 0.0818. The van der Waals surface area contributed by atoms with Crippen molar-refractivity contribution in [2.75, 3.05) is 5.33 Å². The molecule has 0 aliphatic carbocycles. The van der Waals surface area contributed by atoms with Gasteiger partial charge >= 0.3 is 0 Å². The minimum absolute atomic E-state index is 0.226. The largest absolute Gasteiger partial charge is 0.347 e. The summed E-state index contributed by atoms with van der Waals surface area (Å²) in [5, 5.41) is 4.58. The first kappa shape index (κ1) is 15.8. The van der Waals surface area contributed by atoms with E-state index in [1.54, 1.807) is 18.2 Å². The fourth-order valence-corrected chi connectivity index (χ4v) is 3.03. The third-order valence-electron chi connectivity index (χ3n) is 3.03. The Morgan fingerprint density at radius 1 is 1.39 bits per heavy atom. The van der Waals surface area contributed by atoms with Gasteiger partial charge in [0.25, 0.3) is 5.91 Å². The second-order valence-electron chi connectivity index (χ2n) is 4.40. The number of rotatable bonds is 5. The fraction of sp³-hybridized carbons (Fsp3) is 0.462.